The van der Waals surface area contributed by atoms with Crippen LogP contribution in [0.5, 0.6) is 0 Å². The Morgan fingerprint density at radius 3 is 2.38 bits per heavy atom. The molecule has 0 aliphatic carbocycles. The Morgan fingerprint density at radius 1 is 0.962 bits per heavy atom. The van der Waals surface area contributed by atoms with Gasteiger partial charge in [-0.15, -0.1) is 0 Å². The number of rotatable bonds is 3. The van der Waals surface area contributed by atoms with Crippen LogP contribution < -0.4 is 5.01 Å². The Bertz CT molecular complexity index is 972. The Hall–Kier alpha value is -2.17. The van der Waals surface area contributed by atoms with E-state index in [9.17, 15) is 4.39 Å². The molecule has 0 amide bonds. The molecule has 1 aliphatic heterocycles. The lowest BCUT2D eigenvalue weighted by Gasteiger charge is -2.25. The molecule has 5 heteroatoms. The van der Waals surface area contributed by atoms with Gasteiger partial charge in [0.05, 0.1) is 22.5 Å². The highest BCUT2D eigenvalue weighted by Crippen LogP contribution is 2.40. The van der Waals surface area contributed by atoms with E-state index in [-0.39, 0.29) is 11.9 Å². The molecule has 26 heavy (non-hydrogen) atoms. The fraction of sp³-hybridized carbons (Fsp3) is 0.0952. The molecule has 0 N–H and O–H groups in total. The first-order valence-corrected chi connectivity index (χ1v) is 9.42. The van der Waals surface area contributed by atoms with Crippen LogP contribution in [-0.2, 0) is 0 Å². The maximum Gasteiger partial charge on any atom is 0.128 e. The van der Waals surface area contributed by atoms with Gasteiger partial charge in [0, 0.05) is 16.5 Å². The number of para-hydroxylation sites is 1. The predicted octanol–water partition coefficient (Wildman–Crippen LogP) is 6.60. The highest BCUT2D eigenvalue weighted by molar-refractivity contribution is 9.10. The van der Waals surface area contributed by atoms with E-state index in [1.807, 2.05) is 65.7 Å². The Labute approximate surface area is 165 Å². The molecule has 0 radical (unpaired) electrons. The van der Waals surface area contributed by atoms with Crippen LogP contribution in [0.2, 0.25) is 5.02 Å². The quantitative estimate of drug-likeness (QED) is 0.458. The average molecular weight is 430 g/mol. The van der Waals surface area contributed by atoms with Crippen molar-refractivity contribution in [3.8, 4) is 0 Å². The number of benzene rings is 3. The molecule has 0 bridgehead atoms. The van der Waals surface area contributed by atoms with E-state index in [0.717, 1.165) is 21.4 Å². The maximum absolute atomic E-state index is 14.5. The number of hydrogen-bond donors (Lipinski definition) is 0. The van der Waals surface area contributed by atoms with Crippen LogP contribution in [0, 0.1) is 5.82 Å². The van der Waals surface area contributed by atoms with E-state index in [4.69, 9.17) is 16.7 Å². The molecular formula is C21H15BrClFN2. The second-order valence-corrected chi connectivity index (χ2v) is 7.41. The summed E-state index contributed by atoms with van der Waals surface area (Å²) >= 11 is 9.85. The minimum absolute atomic E-state index is 0.234. The van der Waals surface area contributed by atoms with Crippen molar-refractivity contribution in [2.45, 2.75) is 12.5 Å². The van der Waals surface area contributed by atoms with Gasteiger partial charge in [-0.2, -0.15) is 5.10 Å². The predicted molar refractivity (Wildman–Crippen MR) is 108 cm³/mol. The van der Waals surface area contributed by atoms with E-state index in [1.165, 1.54) is 6.07 Å². The molecule has 0 aromatic heterocycles. The van der Waals surface area contributed by atoms with Gasteiger partial charge in [-0.1, -0.05) is 70.0 Å². The Balaban J connectivity index is 1.80. The third kappa shape index (κ3) is 3.27. The molecule has 3 aromatic carbocycles. The smallest absolute Gasteiger partial charge is 0.128 e. The van der Waals surface area contributed by atoms with E-state index < -0.39 is 0 Å². The second-order valence-electron chi connectivity index (χ2n) is 6.09. The van der Waals surface area contributed by atoms with E-state index in [2.05, 4.69) is 15.9 Å². The van der Waals surface area contributed by atoms with Crippen molar-refractivity contribution >= 4 is 38.9 Å². The monoisotopic (exact) mass is 428 g/mol. The van der Waals surface area contributed by atoms with Gasteiger partial charge in [-0.3, -0.25) is 5.01 Å². The van der Waals surface area contributed by atoms with E-state index in [1.54, 1.807) is 6.07 Å². The Morgan fingerprint density at radius 2 is 1.65 bits per heavy atom. The first kappa shape index (κ1) is 17.3. The fourth-order valence-corrected chi connectivity index (χ4v) is 3.66. The summed E-state index contributed by atoms with van der Waals surface area (Å²) in [7, 11) is 0. The van der Waals surface area contributed by atoms with Crippen molar-refractivity contribution in [3.63, 3.8) is 0 Å². The van der Waals surface area contributed by atoms with Crippen LogP contribution in [0.4, 0.5) is 10.1 Å². The third-order valence-electron chi connectivity index (χ3n) is 4.45. The second kappa shape index (κ2) is 7.22. The normalized spacial score (nSPS) is 16.7. The number of anilines is 1. The molecular weight excluding hydrogens is 415 g/mol. The number of hydrogen-bond acceptors (Lipinski definition) is 2. The third-order valence-corrected chi connectivity index (χ3v) is 5.30. The zero-order valence-electron chi connectivity index (χ0n) is 13.7. The van der Waals surface area contributed by atoms with Crippen LogP contribution in [0.15, 0.2) is 82.4 Å². The molecule has 2 nitrogen and oxygen atoms in total. The summed E-state index contributed by atoms with van der Waals surface area (Å²) < 4.78 is 15.5. The standard InChI is InChI=1S/C21H15BrClFN2/c22-15-11-9-14(10-12-15)19-13-21(16-5-1-3-7-18(16)24)26(25-19)20-8-4-2-6-17(20)23/h1-12,21H,13H2. The molecule has 1 aliphatic rings. The largest absolute Gasteiger partial charge is 0.256 e. The lowest BCUT2D eigenvalue weighted by atomic mass is 9.98. The van der Waals surface area contributed by atoms with Gasteiger partial charge in [0.25, 0.3) is 0 Å². The van der Waals surface area contributed by atoms with Crippen molar-refractivity contribution in [1.82, 2.24) is 0 Å². The van der Waals surface area contributed by atoms with Crippen molar-refractivity contribution in [1.29, 1.82) is 0 Å². The zero-order chi connectivity index (χ0) is 18.1. The summed E-state index contributed by atoms with van der Waals surface area (Å²) in [4.78, 5) is 0. The first-order valence-electron chi connectivity index (χ1n) is 8.25. The SMILES string of the molecule is Fc1ccccc1C1CC(c2ccc(Br)cc2)=NN1c1ccccc1Cl. The summed E-state index contributed by atoms with van der Waals surface area (Å²) in [6, 6.07) is 22.1. The van der Waals surface area contributed by atoms with Crippen molar-refractivity contribution in [2.24, 2.45) is 5.10 Å². The Kier molecular flexibility index (Phi) is 4.79. The topological polar surface area (TPSA) is 15.6 Å². The summed E-state index contributed by atoms with van der Waals surface area (Å²) in [6.45, 7) is 0. The molecule has 1 heterocycles. The molecule has 0 fully saturated rings. The zero-order valence-corrected chi connectivity index (χ0v) is 16.1. The van der Waals surface area contributed by atoms with Crippen LogP contribution in [0.1, 0.15) is 23.6 Å². The minimum Gasteiger partial charge on any atom is -0.256 e. The van der Waals surface area contributed by atoms with Crippen molar-refractivity contribution in [3.05, 3.63) is 99.2 Å². The van der Waals surface area contributed by atoms with Crippen LogP contribution in [0.3, 0.4) is 0 Å². The lowest BCUT2D eigenvalue weighted by Crippen LogP contribution is -2.19. The molecule has 130 valence electrons. The molecule has 3 aromatic rings. The van der Waals surface area contributed by atoms with Gasteiger partial charge in [0.15, 0.2) is 0 Å². The summed E-state index contributed by atoms with van der Waals surface area (Å²) in [5, 5.41) is 7.23. The molecule has 1 unspecified atom stereocenters. The van der Waals surface area contributed by atoms with Gasteiger partial charge in [0.2, 0.25) is 0 Å². The molecule has 1 atom stereocenters. The first-order chi connectivity index (χ1) is 12.6. The summed E-state index contributed by atoms with van der Waals surface area (Å²) in [5.41, 5.74) is 3.31. The lowest BCUT2D eigenvalue weighted by molar-refractivity contribution is 0.579. The van der Waals surface area contributed by atoms with Gasteiger partial charge >= 0.3 is 0 Å². The fourth-order valence-electron chi connectivity index (χ4n) is 3.17. The summed E-state index contributed by atoms with van der Waals surface area (Å²) in [5.74, 6) is -0.234. The molecule has 4 rings (SSSR count). The van der Waals surface area contributed by atoms with Crippen molar-refractivity contribution < 1.29 is 4.39 Å². The molecule has 0 saturated carbocycles. The van der Waals surface area contributed by atoms with Crippen LogP contribution in [-0.4, -0.2) is 5.71 Å². The average Bonchev–Trinajstić information content (AvgIpc) is 3.08. The maximum atomic E-state index is 14.5. The summed E-state index contributed by atoms with van der Waals surface area (Å²) in [6.07, 6.45) is 0.605. The van der Waals surface area contributed by atoms with Crippen LogP contribution >= 0.6 is 27.5 Å². The van der Waals surface area contributed by atoms with Gasteiger partial charge in [-0.25, -0.2) is 4.39 Å². The van der Waals surface area contributed by atoms with E-state index >= 15 is 0 Å². The highest BCUT2D eigenvalue weighted by Gasteiger charge is 2.32. The van der Waals surface area contributed by atoms with E-state index in [0.29, 0.717) is 17.0 Å². The molecule has 0 saturated heterocycles. The number of halogens is 3. The number of hydrazone groups is 1. The van der Waals surface area contributed by atoms with Gasteiger partial charge in [0.1, 0.15) is 5.82 Å². The van der Waals surface area contributed by atoms with Crippen molar-refractivity contribution in [2.75, 3.05) is 5.01 Å². The van der Waals surface area contributed by atoms with Crippen LogP contribution in [0.25, 0.3) is 0 Å². The highest BCUT2D eigenvalue weighted by atomic mass is 79.9. The molecule has 0 spiro atoms. The number of nitrogens with zero attached hydrogens (tertiary/aromatic N) is 2. The minimum atomic E-state index is -0.241. The van der Waals surface area contributed by atoms with Gasteiger partial charge in [-0.05, 0) is 35.9 Å². The van der Waals surface area contributed by atoms with Gasteiger partial charge < -0.3 is 0 Å².